The van der Waals surface area contributed by atoms with E-state index in [9.17, 15) is 14.7 Å². The zero-order chi connectivity index (χ0) is 15.8. The average molecular weight is 306 g/mol. The van der Waals surface area contributed by atoms with E-state index in [2.05, 4.69) is 10.6 Å². The molecule has 1 aliphatic rings. The Morgan fingerprint density at radius 3 is 2.77 bits per heavy atom. The summed E-state index contributed by atoms with van der Waals surface area (Å²) < 4.78 is 5.06. The minimum absolute atomic E-state index is 0.171. The summed E-state index contributed by atoms with van der Waals surface area (Å²) in [6.07, 6.45) is 8.12. The molecule has 1 aromatic rings. The number of aliphatic hydroxyl groups is 1. The molecule has 0 atom stereocenters. The van der Waals surface area contributed by atoms with E-state index in [0.29, 0.717) is 5.76 Å². The second kappa shape index (κ2) is 7.79. The summed E-state index contributed by atoms with van der Waals surface area (Å²) >= 11 is 0. The van der Waals surface area contributed by atoms with Crippen molar-refractivity contribution in [1.29, 1.82) is 0 Å². The fourth-order valence-corrected chi connectivity index (χ4v) is 2.46. The van der Waals surface area contributed by atoms with Crippen molar-refractivity contribution in [3.8, 4) is 0 Å². The van der Waals surface area contributed by atoms with Gasteiger partial charge in [0.1, 0.15) is 5.76 Å². The number of rotatable bonds is 7. The van der Waals surface area contributed by atoms with Crippen LogP contribution in [-0.2, 0) is 9.59 Å². The quantitative estimate of drug-likeness (QED) is 0.661. The van der Waals surface area contributed by atoms with Crippen molar-refractivity contribution in [2.45, 2.75) is 37.7 Å². The van der Waals surface area contributed by atoms with Crippen LogP contribution in [0.2, 0.25) is 0 Å². The Hall–Kier alpha value is -2.08. The van der Waals surface area contributed by atoms with Crippen LogP contribution in [0.3, 0.4) is 0 Å². The minimum Gasteiger partial charge on any atom is -0.465 e. The van der Waals surface area contributed by atoms with Gasteiger partial charge in [0.05, 0.1) is 11.9 Å². The molecule has 1 fully saturated rings. The van der Waals surface area contributed by atoms with Gasteiger partial charge in [-0.25, -0.2) is 0 Å². The Kier molecular flexibility index (Phi) is 5.77. The van der Waals surface area contributed by atoms with Gasteiger partial charge in [-0.15, -0.1) is 0 Å². The van der Waals surface area contributed by atoms with Crippen LogP contribution >= 0.6 is 0 Å². The van der Waals surface area contributed by atoms with Crippen molar-refractivity contribution in [2.75, 3.05) is 13.1 Å². The van der Waals surface area contributed by atoms with Gasteiger partial charge in [-0.1, -0.05) is 12.8 Å². The first-order chi connectivity index (χ1) is 10.6. The summed E-state index contributed by atoms with van der Waals surface area (Å²) in [5, 5.41) is 15.5. The fourth-order valence-electron chi connectivity index (χ4n) is 2.46. The normalized spacial score (nSPS) is 16.8. The lowest BCUT2D eigenvalue weighted by Crippen LogP contribution is -2.41. The first kappa shape index (κ1) is 16.3. The molecule has 2 rings (SSSR count). The number of hydrogen-bond acceptors (Lipinski definition) is 4. The second-order valence-corrected chi connectivity index (χ2v) is 5.60. The molecular formula is C16H22N2O4. The van der Waals surface area contributed by atoms with Crippen molar-refractivity contribution < 1.29 is 19.1 Å². The molecule has 22 heavy (non-hydrogen) atoms. The first-order valence-electron chi connectivity index (χ1n) is 7.56. The molecule has 1 saturated carbocycles. The van der Waals surface area contributed by atoms with Crippen LogP contribution in [-0.4, -0.2) is 35.6 Å². The van der Waals surface area contributed by atoms with Crippen molar-refractivity contribution in [1.82, 2.24) is 10.6 Å². The molecule has 0 bridgehead atoms. The highest BCUT2D eigenvalue weighted by Crippen LogP contribution is 2.28. The molecule has 6 nitrogen and oxygen atoms in total. The molecule has 1 heterocycles. The SMILES string of the molecule is O=C(/C=C/c1ccco1)NCCC(=O)NCC1(O)CCCC1. The lowest BCUT2D eigenvalue weighted by molar-refractivity contribution is -0.122. The molecule has 2 amide bonds. The maximum atomic E-state index is 11.7. The zero-order valence-electron chi connectivity index (χ0n) is 12.5. The summed E-state index contributed by atoms with van der Waals surface area (Å²) in [6.45, 7) is 0.545. The predicted octanol–water partition coefficient (Wildman–Crippen LogP) is 1.22. The molecule has 120 valence electrons. The lowest BCUT2D eigenvalue weighted by atomic mass is 10.0. The van der Waals surface area contributed by atoms with E-state index < -0.39 is 5.60 Å². The molecule has 0 unspecified atom stereocenters. The van der Waals surface area contributed by atoms with E-state index >= 15 is 0 Å². The number of furan rings is 1. The van der Waals surface area contributed by atoms with Crippen LogP contribution in [0, 0.1) is 0 Å². The summed E-state index contributed by atoms with van der Waals surface area (Å²) in [5.41, 5.74) is -0.745. The molecule has 3 N–H and O–H groups in total. The van der Waals surface area contributed by atoms with E-state index in [0.717, 1.165) is 25.7 Å². The maximum Gasteiger partial charge on any atom is 0.244 e. The van der Waals surface area contributed by atoms with E-state index in [4.69, 9.17) is 4.42 Å². The van der Waals surface area contributed by atoms with Gasteiger partial charge in [0.25, 0.3) is 0 Å². The van der Waals surface area contributed by atoms with Gasteiger partial charge in [0.2, 0.25) is 11.8 Å². The van der Waals surface area contributed by atoms with E-state index in [-0.39, 0.29) is 31.3 Å². The first-order valence-corrected chi connectivity index (χ1v) is 7.56. The van der Waals surface area contributed by atoms with Crippen LogP contribution in [0.25, 0.3) is 6.08 Å². The average Bonchev–Trinajstić information content (AvgIpc) is 3.15. The topological polar surface area (TPSA) is 91.6 Å². The molecule has 0 radical (unpaired) electrons. The third-order valence-corrected chi connectivity index (χ3v) is 3.74. The maximum absolute atomic E-state index is 11.7. The van der Waals surface area contributed by atoms with Crippen LogP contribution in [0.1, 0.15) is 37.9 Å². The van der Waals surface area contributed by atoms with Crippen molar-refractivity contribution in [3.05, 3.63) is 30.2 Å². The number of carbonyl (C=O) groups is 2. The highest BCUT2D eigenvalue weighted by Gasteiger charge is 2.31. The molecule has 6 heteroatoms. The minimum atomic E-state index is -0.745. The Morgan fingerprint density at radius 1 is 1.32 bits per heavy atom. The van der Waals surface area contributed by atoms with Crippen molar-refractivity contribution in [3.63, 3.8) is 0 Å². The second-order valence-electron chi connectivity index (χ2n) is 5.60. The Balaban J connectivity index is 1.59. The number of carbonyl (C=O) groups excluding carboxylic acids is 2. The fraction of sp³-hybridized carbons (Fsp3) is 0.500. The summed E-state index contributed by atoms with van der Waals surface area (Å²) in [6, 6.07) is 3.48. The Bertz CT molecular complexity index is 516. The lowest BCUT2D eigenvalue weighted by Gasteiger charge is -2.22. The standard InChI is InChI=1S/C16H22N2O4/c19-14(6-5-13-4-3-11-22-13)17-10-7-15(20)18-12-16(21)8-1-2-9-16/h3-6,11,21H,1-2,7-10,12H2,(H,17,19)(H,18,20)/b6-5+. The number of amides is 2. The van der Waals surface area contributed by atoms with Gasteiger partial charge in [0, 0.05) is 25.6 Å². The van der Waals surface area contributed by atoms with Crippen LogP contribution in [0.4, 0.5) is 0 Å². The summed E-state index contributed by atoms with van der Waals surface area (Å²) in [5.74, 6) is 0.145. The van der Waals surface area contributed by atoms with E-state index in [1.54, 1.807) is 18.2 Å². The summed E-state index contributed by atoms with van der Waals surface area (Å²) in [4.78, 5) is 23.2. The monoisotopic (exact) mass is 306 g/mol. The van der Waals surface area contributed by atoms with Gasteiger partial charge < -0.3 is 20.2 Å². The van der Waals surface area contributed by atoms with Gasteiger partial charge in [-0.3, -0.25) is 9.59 Å². The highest BCUT2D eigenvalue weighted by atomic mass is 16.3. The predicted molar refractivity (Wildman–Crippen MR) is 81.8 cm³/mol. The van der Waals surface area contributed by atoms with Gasteiger partial charge in [-0.05, 0) is 31.1 Å². The van der Waals surface area contributed by atoms with E-state index in [1.165, 1.54) is 12.3 Å². The third-order valence-electron chi connectivity index (χ3n) is 3.74. The number of nitrogens with one attached hydrogen (secondary N) is 2. The molecule has 1 aromatic heterocycles. The Morgan fingerprint density at radius 2 is 2.09 bits per heavy atom. The zero-order valence-corrected chi connectivity index (χ0v) is 12.5. The molecule has 0 aliphatic heterocycles. The van der Waals surface area contributed by atoms with Gasteiger partial charge in [-0.2, -0.15) is 0 Å². The molecule has 0 aromatic carbocycles. The molecular weight excluding hydrogens is 284 g/mol. The third kappa shape index (κ3) is 5.37. The molecule has 1 aliphatic carbocycles. The largest absolute Gasteiger partial charge is 0.465 e. The van der Waals surface area contributed by atoms with Gasteiger partial charge in [0.15, 0.2) is 0 Å². The van der Waals surface area contributed by atoms with Crippen LogP contribution in [0.5, 0.6) is 0 Å². The van der Waals surface area contributed by atoms with Crippen LogP contribution in [0.15, 0.2) is 28.9 Å². The molecule has 0 spiro atoms. The summed E-state index contributed by atoms with van der Waals surface area (Å²) in [7, 11) is 0. The smallest absolute Gasteiger partial charge is 0.244 e. The molecule has 0 saturated heterocycles. The van der Waals surface area contributed by atoms with Crippen LogP contribution < -0.4 is 10.6 Å². The highest BCUT2D eigenvalue weighted by molar-refractivity contribution is 5.91. The van der Waals surface area contributed by atoms with E-state index in [1.807, 2.05) is 0 Å². The number of hydrogen-bond donors (Lipinski definition) is 3. The van der Waals surface area contributed by atoms with Crippen molar-refractivity contribution >= 4 is 17.9 Å². The van der Waals surface area contributed by atoms with Gasteiger partial charge >= 0.3 is 0 Å². The van der Waals surface area contributed by atoms with Crippen molar-refractivity contribution in [2.24, 2.45) is 0 Å². The Labute approximate surface area is 129 Å².